The lowest BCUT2D eigenvalue weighted by Gasteiger charge is -2.13. The Morgan fingerprint density at radius 2 is 1.89 bits per heavy atom. The molecule has 0 aliphatic rings. The number of carbonyl (C=O) groups excluding carboxylic acids is 1. The molecular weight excluding hydrogens is 385 g/mol. The molecule has 6 heteroatoms. The number of methoxy groups -OCH3 is 1. The van der Waals surface area contributed by atoms with Crippen LogP contribution in [0.25, 0.3) is 6.08 Å². The van der Waals surface area contributed by atoms with Gasteiger partial charge in [0.15, 0.2) is 11.5 Å². The Labute approximate surface area is 170 Å². The number of carbonyl (C=O) groups is 1. The summed E-state index contributed by atoms with van der Waals surface area (Å²) < 4.78 is 11.2. The van der Waals surface area contributed by atoms with Crippen molar-refractivity contribution in [1.29, 1.82) is 0 Å². The van der Waals surface area contributed by atoms with E-state index >= 15 is 0 Å². The lowest BCUT2D eigenvalue weighted by Crippen LogP contribution is -2.30. The highest BCUT2D eigenvalue weighted by molar-refractivity contribution is 6.35. The first-order valence-corrected chi connectivity index (χ1v) is 9.42. The maximum Gasteiger partial charge on any atom is 0.244 e. The summed E-state index contributed by atoms with van der Waals surface area (Å²) >= 11 is 12.3. The second kappa shape index (κ2) is 10.2. The molecule has 2 aromatic carbocycles. The van der Waals surface area contributed by atoms with E-state index in [1.165, 1.54) is 6.08 Å². The van der Waals surface area contributed by atoms with Crippen molar-refractivity contribution in [2.75, 3.05) is 7.11 Å². The molecule has 0 spiro atoms. The predicted molar refractivity (Wildman–Crippen MR) is 111 cm³/mol. The van der Waals surface area contributed by atoms with Gasteiger partial charge in [-0.15, -0.1) is 0 Å². The molecule has 0 aliphatic carbocycles. The van der Waals surface area contributed by atoms with Gasteiger partial charge in [0, 0.05) is 27.7 Å². The van der Waals surface area contributed by atoms with Gasteiger partial charge >= 0.3 is 0 Å². The van der Waals surface area contributed by atoms with E-state index in [1.807, 2.05) is 19.9 Å². The highest BCUT2D eigenvalue weighted by atomic mass is 35.5. The zero-order valence-corrected chi connectivity index (χ0v) is 17.1. The van der Waals surface area contributed by atoms with Crippen molar-refractivity contribution in [2.45, 2.75) is 32.9 Å². The van der Waals surface area contributed by atoms with Crippen LogP contribution >= 0.6 is 23.2 Å². The Morgan fingerprint density at radius 3 is 2.52 bits per heavy atom. The van der Waals surface area contributed by atoms with Gasteiger partial charge in [-0.1, -0.05) is 42.3 Å². The fraction of sp³-hybridized carbons (Fsp3) is 0.286. The molecule has 1 amide bonds. The van der Waals surface area contributed by atoms with Crippen LogP contribution in [0.2, 0.25) is 10.0 Å². The number of halogens is 2. The van der Waals surface area contributed by atoms with Crippen molar-refractivity contribution < 1.29 is 14.3 Å². The largest absolute Gasteiger partial charge is 0.493 e. The molecule has 0 saturated heterocycles. The van der Waals surface area contributed by atoms with E-state index < -0.39 is 0 Å². The zero-order chi connectivity index (χ0) is 19.8. The molecule has 27 heavy (non-hydrogen) atoms. The minimum Gasteiger partial charge on any atom is -0.493 e. The van der Waals surface area contributed by atoms with Crippen LogP contribution in [-0.4, -0.2) is 19.1 Å². The summed E-state index contributed by atoms with van der Waals surface area (Å²) in [5.74, 6) is 0.995. The van der Waals surface area contributed by atoms with Crippen molar-refractivity contribution in [3.63, 3.8) is 0 Å². The highest BCUT2D eigenvalue weighted by Crippen LogP contribution is 2.31. The molecule has 0 heterocycles. The van der Waals surface area contributed by atoms with Gasteiger partial charge in [0.25, 0.3) is 0 Å². The van der Waals surface area contributed by atoms with Crippen LogP contribution < -0.4 is 14.8 Å². The zero-order valence-electron chi connectivity index (χ0n) is 15.6. The number of hydrogen-bond donors (Lipinski definition) is 1. The molecule has 0 fully saturated rings. The Balaban J connectivity index is 2.08. The van der Waals surface area contributed by atoms with Crippen LogP contribution in [0.5, 0.6) is 11.5 Å². The average Bonchev–Trinajstić information content (AvgIpc) is 2.66. The average molecular weight is 408 g/mol. The van der Waals surface area contributed by atoms with Crippen LogP contribution in [0.1, 0.15) is 31.4 Å². The molecule has 2 rings (SSSR count). The first-order chi connectivity index (χ1) is 12.9. The third kappa shape index (κ3) is 6.19. The smallest absolute Gasteiger partial charge is 0.244 e. The molecule has 0 aromatic heterocycles. The van der Waals surface area contributed by atoms with Gasteiger partial charge < -0.3 is 14.8 Å². The minimum atomic E-state index is -0.128. The third-order valence-corrected chi connectivity index (χ3v) is 4.76. The van der Waals surface area contributed by atoms with E-state index in [0.717, 1.165) is 12.0 Å². The summed E-state index contributed by atoms with van der Waals surface area (Å²) in [6.45, 7) is 4.21. The van der Waals surface area contributed by atoms with Crippen molar-refractivity contribution in [1.82, 2.24) is 5.32 Å². The standard InChI is InChI=1S/C21H23Cl2NO3/c1-4-14(2)24-21(25)11-9-15-8-10-19(20(12-15)26-3)27-13-16-17(22)6-5-7-18(16)23/h5-12,14H,4,13H2,1-3H3,(H,24,25)/b11-9+. The van der Waals surface area contributed by atoms with Crippen LogP contribution in [0.3, 0.4) is 0 Å². The van der Waals surface area contributed by atoms with Crippen molar-refractivity contribution in [3.8, 4) is 11.5 Å². The van der Waals surface area contributed by atoms with E-state index in [9.17, 15) is 4.79 Å². The fourth-order valence-electron chi connectivity index (χ4n) is 2.29. The van der Waals surface area contributed by atoms with Gasteiger partial charge in [0.05, 0.1) is 7.11 Å². The van der Waals surface area contributed by atoms with Gasteiger partial charge in [-0.25, -0.2) is 0 Å². The minimum absolute atomic E-state index is 0.128. The van der Waals surface area contributed by atoms with Gasteiger partial charge in [0.1, 0.15) is 6.61 Å². The molecule has 0 radical (unpaired) electrons. The second-order valence-corrected chi connectivity index (χ2v) is 6.86. The van der Waals surface area contributed by atoms with Gasteiger partial charge in [-0.05, 0) is 49.2 Å². The number of hydrogen-bond acceptors (Lipinski definition) is 3. The maximum absolute atomic E-state index is 11.9. The number of nitrogens with one attached hydrogen (secondary N) is 1. The van der Waals surface area contributed by atoms with Crippen LogP contribution in [-0.2, 0) is 11.4 Å². The molecule has 0 saturated carbocycles. The van der Waals surface area contributed by atoms with E-state index in [1.54, 1.807) is 43.5 Å². The molecule has 4 nitrogen and oxygen atoms in total. The van der Waals surface area contributed by atoms with E-state index in [-0.39, 0.29) is 18.6 Å². The lowest BCUT2D eigenvalue weighted by molar-refractivity contribution is -0.117. The Kier molecular flexibility index (Phi) is 8.01. The topological polar surface area (TPSA) is 47.6 Å². The molecule has 2 aromatic rings. The lowest BCUT2D eigenvalue weighted by atomic mass is 10.1. The fourth-order valence-corrected chi connectivity index (χ4v) is 2.80. The summed E-state index contributed by atoms with van der Waals surface area (Å²) in [5.41, 5.74) is 1.54. The van der Waals surface area contributed by atoms with Crippen molar-refractivity contribution >= 4 is 35.2 Å². The monoisotopic (exact) mass is 407 g/mol. The third-order valence-electron chi connectivity index (χ3n) is 4.05. The molecule has 1 unspecified atom stereocenters. The maximum atomic E-state index is 11.9. The predicted octanol–water partition coefficient (Wildman–Crippen LogP) is 5.51. The van der Waals surface area contributed by atoms with Crippen molar-refractivity contribution in [3.05, 3.63) is 63.6 Å². The Morgan fingerprint density at radius 1 is 1.19 bits per heavy atom. The van der Waals surface area contributed by atoms with E-state index in [0.29, 0.717) is 27.1 Å². The number of amides is 1. The Hall–Kier alpha value is -2.17. The van der Waals surface area contributed by atoms with Crippen LogP contribution in [0.15, 0.2) is 42.5 Å². The molecule has 0 aliphatic heterocycles. The SMILES string of the molecule is CCC(C)NC(=O)/C=C/c1ccc(OCc2c(Cl)cccc2Cl)c(OC)c1. The first kappa shape index (κ1) is 21.1. The van der Waals surface area contributed by atoms with Gasteiger partial charge in [-0.3, -0.25) is 4.79 Å². The molecule has 1 N–H and O–H groups in total. The van der Waals surface area contributed by atoms with E-state index in [2.05, 4.69) is 5.32 Å². The quantitative estimate of drug-likeness (QED) is 0.586. The summed E-state index contributed by atoms with van der Waals surface area (Å²) in [5, 5.41) is 3.98. The first-order valence-electron chi connectivity index (χ1n) is 8.66. The Bertz CT molecular complexity index is 801. The van der Waals surface area contributed by atoms with Gasteiger partial charge in [0.2, 0.25) is 5.91 Å². The molecule has 0 bridgehead atoms. The second-order valence-electron chi connectivity index (χ2n) is 6.05. The molecule has 1 atom stereocenters. The summed E-state index contributed by atoms with van der Waals surface area (Å²) in [6.07, 6.45) is 4.12. The van der Waals surface area contributed by atoms with Gasteiger partial charge in [-0.2, -0.15) is 0 Å². The van der Waals surface area contributed by atoms with Crippen LogP contribution in [0.4, 0.5) is 0 Å². The summed E-state index contributed by atoms with van der Waals surface area (Å²) in [4.78, 5) is 11.9. The number of benzene rings is 2. The number of rotatable bonds is 8. The van der Waals surface area contributed by atoms with E-state index in [4.69, 9.17) is 32.7 Å². The summed E-state index contributed by atoms with van der Waals surface area (Å²) in [6, 6.07) is 10.9. The normalized spacial score (nSPS) is 12.0. The number of ether oxygens (including phenoxy) is 2. The summed E-state index contributed by atoms with van der Waals surface area (Å²) in [7, 11) is 1.56. The molecule has 144 valence electrons. The van der Waals surface area contributed by atoms with Crippen LogP contribution in [0, 0.1) is 0 Å². The van der Waals surface area contributed by atoms with Crippen molar-refractivity contribution in [2.24, 2.45) is 0 Å². The molecular formula is C21H23Cl2NO3. The highest BCUT2D eigenvalue weighted by Gasteiger charge is 2.10.